The second-order valence-corrected chi connectivity index (χ2v) is 27.6. The van der Waals surface area contributed by atoms with Crippen molar-refractivity contribution in [1.82, 2.24) is 0 Å². The van der Waals surface area contributed by atoms with Crippen LogP contribution >= 0.6 is 11.6 Å². The van der Waals surface area contributed by atoms with Crippen LogP contribution < -0.4 is 0 Å². The Morgan fingerprint density at radius 2 is 1.25 bits per heavy atom. The van der Waals surface area contributed by atoms with Crippen LogP contribution in [0.15, 0.2) is 9.29 Å². The minimum absolute atomic E-state index is 0.835. The van der Waals surface area contributed by atoms with E-state index in [0.29, 0.717) is 0 Å². The van der Waals surface area contributed by atoms with Crippen molar-refractivity contribution in [2.75, 3.05) is 5.88 Å². The van der Waals surface area contributed by atoms with Crippen molar-refractivity contribution in [2.24, 2.45) is 0 Å². The Morgan fingerprint density at radius 3 is 1.58 bits per heavy atom. The van der Waals surface area contributed by atoms with Crippen molar-refractivity contribution in [1.29, 1.82) is 0 Å². The summed E-state index contributed by atoms with van der Waals surface area (Å²) >= 11 is 3.79. The molecule has 0 rings (SSSR count). The topological polar surface area (TPSA) is 0 Å². The summed E-state index contributed by atoms with van der Waals surface area (Å²) in [5.74, 6) is 0.835. The van der Waals surface area contributed by atoms with E-state index in [1.165, 1.54) is 57.8 Å². The number of hydrogen-bond acceptors (Lipinski definition) is 0. The third-order valence-corrected chi connectivity index (χ3v) is 23.7. The molecule has 0 heterocycles. The molecule has 3 heteroatoms. The van der Waals surface area contributed by atoms with Crippen molar-refractivity contribution in [2.45, 2.75) is 112 Å². The Balaban J connectivity index is 5.63. The molecule has 24 heavy (non-hydrogen) atoms. The first-order valence-electron chi connectivity index (χ1n) is 10.6. The Hall–Kier alpha value is 1.05. The molecule has 0 fully saturated rings. The molecular weight excluding hydrogens is 434 g/mol. The standard InChI is InChI=1S/C9H18ClSi.3C4H9.Sn/c1-11(2,3)9-7-5-4-6-8-10;3*1-3-4-2;/h9H,4-6,8H2,1-3H3;3*1,3-4H2,2H3;. The maximum absolute atomic E-state index is 5.99. The Labute approximate surface area is 164 Å². The van der Waals surface area contributed by atoms with Gasteiger partial charge in [0.15, 0.2) is 0 Å². The van der Waals surface area contributed by atoms with E-state index >= 15 is 0 Å². The summed E-state index contributed by atoms with van der Waals surface area (Å²) in [5.41, 5.74) is 2.86. The molecule has 0 nitrogen and oxygen atoms in total. The first-order valence-corrected chi connectivity index (χ1v) is 22.2. The molecule has 0 atom stereocenters. The summed E-state index contributed by atoms with van der Waals surface area (Å²) in [5, 5.41) is 0. The van der Waals surface area contributed by atoms with E-state index in [1.807, 2.05) is 3.59 Å². The number of alkyl halides is 1. The van der Waals surface area contributed by atoms with Crippen LogP contribution in [0.2, 0.25) is 33.0 Å². The Bertz CT molecular complexity index is 311. The van der Waals surface area contributed by atoms with E-state index in [1.54, 1.807) is 13.3 Å². The molecule has 0 radical (unpaired) electrons. The number of allylic oxidation sites excluding steroid dienone is 1. The van der Waals surface area contributed by atoms with Crippen molar-refractivity contribution in [3.63, 3.8) is 0 Å². The second kappa shape index (κ2) is 14.1. The van der Waals surface area contributed by atoms with Crippen LogP contribution in [-0.2, 0) is 0 Å². The molecule has 0 amide bonds. The van der Waals surface area contributed by atoms with Gasteiger partial charge in [-0.15, -0.1) is 0 Å². The molecule has 0 N–H and O–H groups in total. The molecule has 0 bridgehead atoms. The van der Waals surface area contributed by atoms with Gasteiger partial charge >= 0.3 is 165 Å². The summed E-state index contributed by atoms with van der Waals surface area (Å²) in [4.78, 5) is 0. The van der Waals surface area contributed by atoms with E-state index in [9.17, 15) is 0 Å². The fourth-order valence-corrected chi connectivity index (χ4v) is 27.6. The Kier molecular flexibility index (Phi) is 14.8. The average molecular weight is 480 g/mol. The van der Waals surface area contributed by atoms with Gasteiger partial charge in [0.2, 0.25) is 0 Å². The van der Waals surface area contributed by atoms with Crippen molar-refractivity contribution >= 4 is 38.1 Å². The van der Waals surface area contributed by atoms with Gasteiger partial charge in [-0.05, 0) is 0 Å². The number of hydrogen-bond donors (Lipinski definition) is 0. The summed E-state index contributed by atoms with van der Waals surface area (Å²) in [7, 11) is -1.15. The summed E-state index contributed by atoms with van der Waals surface area (Å²) < 4.78 is 6.87. The number of rotatable bonds is 15. The van der Waals surface area contributed by atoms with Gasteiger partial charge in [-0.3, -0.25) is 0 Å². The van der Waals surface area contributed by atoms with Crippen molar-refractivity contribution in [3.8, 4) is 0 Å². The van der Waals surface area contributed by atoms with Crippen LogP contribution in [0.3, 0.4) is 0 Å². The van der Waals surface area contributed by atoms with Gasteiger partial charge in [-0.25, -0.2) is 0 Å². The Morgan fingerprint density at radius 1 is 0.792 bits per heavy atom. The molecule has 144 valence electrons. The molecule has 0 unspecified atom stereocenters. The third-order valence-electron chi connectivity index (χ3n) is 5.14. The molecule has 0 spiro atoms. The summed E-state index contributed by atoms with van der Waals surface area (Å²) in [6.45, 7) is 14.7. The zero-order chi connectivity index (χ0) is 18.5. The van der Waals surface area contributed by atoms with Crippen LogP contribution in [0.1, 0.15) is 78.6 Å². The van der Waals surface area contributed by atoms with Crippen LogP contribution in [0.25, 0.3) is 0 Å². The zero-order valence-corrected chi connectivity index (χ0v) is 22.3. The molecule has 0 saturated heterocycles. The summed E-state index contributed by atoms with van der Waals surface area (Å²) in [6.07, 6.45) is 12.4. The van der Waals surface area contributed by atoms with Gasteiger partial charge in [-0.2, -0.15) is 0 Å². The first-order chi connectivity index (χ1) is 11.3. The number of halogens is 1. The molecule has 0 aromatic carbocycles. The first kappa shape index (κ1) is 25.0. The van der Waals surface area contributed by atoms with E-state index in [0.717, 1.165) is 5.88 Å². The normalized spacial score (nSPS) is 13.5. The molecular formula is C21H45ClSiSn. The molecule has 0 aromatic rings. The number of unbranched alkanes of at least 4 members (excludes halogenated alkanes) is 4. The molecule has 0 aliphatic heterocycles. The second-order valence-electron chi connectivity index (χ2n) is 8.77. The van der Waals surface area contributed by atoms with Crippen LogP contribution in [0.4, 0.5) is 0 Å². The quantitative estimate of drug-likeness (QED) is 0.125. The summed E-state index contributed by atoms with van der Waals surface area (Å²) in [6, 6.07) is 0. The van der Waals surface area contributed by atoms with Crippen LogP contribution in [-0.4, -0.2) is 32.3 Å². The fourth-order valence-electron chi connectivity index (χ4n) is 3.83. The van der Waals surface area contributed by atoms with Crippen LogP contribution in [0, 0.1) is 0 Å². The van der Waals surface area contributed by atoms with Gasteiger partial charge in [0, 0.05) is 0 Å². The van der Waals surface area contributed by atoms with Crippen LogP contribution in [0.5, 0.6) is 0 Å². The van der Waals surface area contributed by atoms with Crippen molar-refractivity contribution in [3.05, 3.63) is 9.29 Å². The van der Waals surface area contributed by atoms with E-state index in [4.69, 9.17) is 11.6 Å². The molecule has 0 aliphatic rings. The zero-order valence-electron chi connectivity index (χ0n) is 17.6. The maximum atomic E-state index is 5.99. The van der Waals surface area contributed by atoms with Gasteiger partial charge in [-0.1, -0.05) is 0 Å². The van der Waals surface area contributed by atoms with Gasteiger partial charge < -0.3 is 0 Å². The minimum atomic E-state index is -2.20. The third kappa shape index (κ3) is 10.9. The van der Waals surface area contributed by atoms with Crippen molar-refractivity contribution < 1.29 is 0 Å². The molecule has 0 aliphatic carbocycles. The predicted molar refractivity (Wildman–Crippen MR) is 121 cm³/mol. The van der Waals surface area contributed by atoms with Gasteiger partial charge in [0.1, 0.15) is 0 Å². The molecule has 0 aromatic heterocycles. The van der Waals surface area contributed by atoms with E-state index in [2.05, 4.69) is 46.1 Å². The SMILES string of the molecule is CCC[CH2][Sn]([CH2]CCC)([CH2]CCC)/[C](=C\[Si](C)(C)C)CCCCCl. The monoisotopic (exact) mass is 480 g/mol. The van der Waals surface area contributed by atoms with E-state index < -0.39 is 26.5 Å². The van der Waals surface area contributed by atoms with Gasteiger partial charge in [0.25, 0.3) is 0 Å². The fraction of sp³-hybridized carbons (Fsp3) is 0.905. The predicted octanol–water partition coefficient (Wildman–Crippen LogP) is 8.59. The van der Waals surface area contributed by atoms with E-state index in [-0.39, 0.29) is 0 Å². The molecule has 0 saturated carbocycles. The van der Waals surface area contributed by atoms with Gasteiger partial charge in [0.05, 0.1) is 0 Å². The average Bonchev–Trinajstić information content (AvgIpc) is 2.53.